The lowest BCUT2D eigenvalue weighted by molar-refractivity contribution is 0.0697. The number of fused-ring (bicyclic) bond motifs is 1. The molecular weight excluding hydrogens is 557 g/mol. The molecule has 0 bridgehead atoms. The molecule has 3 aromatic rings. The second kappa shape index (κ2) is 10.2. The number of aromatic carboxylic acids is 1. The topological polar surface area (TPSA) is 77.0 Å². The maximum Gasteiger partial charge on any atom is 0.337 e. The van der Waals surface area contributed by atoms with E-state index in [1.54, 1.807) is 39.5 Å². The van der Waals surface area contributed by atoms with E-state index in [1.807, 2.05) is 24.3 Å². The Labute approximate surface area is 222 Å². The minimum absolute atomic E-state index is 0.0531. The molecular formula is C26H24BrCl2NO5. The van der Waals surface area contributed by atoms with Gasteiger partial charge in [-0.15, -0.1) is 0 Å². The summed E-state index contributed by atoms with van der Waals surface area (Å²) in [7, 11) is 4.74. The van der Waals surface area contributed by atoms with Gasteiger partial charge in [0.1, 0.15) is 5.75 Å². The average molecular weight is 581 g/mol. The molecule has 0 aromatic heterocycles. The van der Waals surface area contributed by atoms with Crippen LogP contribution in [0.15, 0.2) is 46.9 Å². The van der Waals surface area contributed by atoms with E-state index in [0.29, 0.717) is 37.5 Å². The summed E-state index contributed by atoms with van der Waals surface area (Å²) in [5.74, 6) is 0.359. The molecule has 0 spiro atoms. The lowest BCUT2D eigenvalue weighted by Gasteiger charge is -2.41. The third-order valence-electron chi connectivity index (χ3n) is 6.42. The lowest BCUT2D eigenvalue weighted by Crippen LogP contribution is -2.32. The summed E-state index contributed by atoms with van der Waals surface area (Å²) in [6.07, 6.45) is 0. The van der Waals surface area contributed by atoms with Crippen LogP contribution in [0.1, 0.15) is 45.9 Å². The van der Waals surface area contributed by atoms with Crippen molar-refractivity contribution in [3.8, 4) is 17.2 Å². The highest BCUT2D eigenvalue weighted by Gasteiger charge is 2.39. The summed E-state index contributed by atoms with van der Waals surface area (Å²) in [6, 6.07) is 12.4. The van der Waals surface area contributed by atoms with Crippen molar-refractivity contribution in [1.82, 2.24) is 0 Å². The molecule has 184 valence electrons. The lowest BCUT2D eigenvalue weighted by atomic mass is 9.72. The fraction of sp³-hybridized carbons (Fsp3) is 0.269. The fourth-order valence-corrected chi connectivity index (χ4v) is 5.59. The zero-order chi connectivity index (χ0) is 25.4. The van der Waals surface area contributed by atoms with Gasteiger partial charge in [0.05, 0.1) is 48.7 Å². The van der Waals surface area contributed by atoms with Crippen molar-refractivity contribution in [3.63, 3.8) is 0 Å². The molecule has 0 saturated heterocycles. The number of nitrogens with one attached hydrogen (secondary N) is 1. The quantitative estimate of drug-likeness (QED) is 0.316. The Kier molecular flexibility index (Phi) is 7.40. The summed E-state index contributed by atoms with van der Waals surface area (Å²) in [5, 5.41) is 14.4. The first-order valence-corrected chi connectivity index (χ1v) is 12.3. The van der Waals surface area contributed by atoms with E-state index >= 15 is 0 Å². The van der Waals surface area contributed by atoms with E-state index < -0.39 is 5.97 Å². The van der Waals surface area contributed by atoms with Crippen LogP contribution in [0.5, 0.6) is 17.2 Å². The molecule has 3 aromatic carbocycles. The average Bonchev–Trinajstić information content (AvgIpc) is 2.84. The van der Waals surface area contributed by atoms with Gasteiger partial charge < -0.3 is 24.6 Å². The zero-order valence-corrected chi connectivity index (χ0v) is 22.6. The molecule has 4 rings (SSSR count). The number of carboxylic acids is 1. The molecule has 0 fully saturated rings. The smallest absolute Gasteiger partial charge is 0.337 e. The van der Waals surface area contributed by atoms with E-state index in [4.69, 9.17) is 37.4 Å². The number of ether oxygens (including phenoxy) is 3. The van der Waals surface area contributed by atoms with E-state index in [-0.39, 0.29) is 23.4 Å². The summed E-state index contributed by atoms with van der Waals surface area (Å²) in [6.45, 7) is 2.10. The number of carboxylic acid groups (broad SMARTS) is 1. The molecule has 0 amide bonds. The molecule has 0 unspecified atom stereocenters. The van der Waals surface area contributed by atoms with Gasteiger partial charge in [0.25, 0.3) is 0 Å². The Hall–Kier alpha value is -2.61. The number of methoxy groups -OCH3 is 3. The minimum Gasteiger partial charge on any atom is -0.496 e. The van der Waals surface area contributed by atoms with Crippen molar-refractivity contribution in [2.24, 2.45) is 5.92 Å². The Balaban J connectivity index is 2.01. The Bertz CT molecular complexity index is 1300. The maximum atomic E-state index is 12.2. The van der Waals surface area contributed by atoms with Gasteiger partial charge in [0.15, 0.2) is 11.5 Å². The first kappa shape index (κ1) is 25.5. The first-order valence-electron chi connectivity index (χ1n) is 10.8. The normalized spacial score (nSPS) is 18.9. The van der Waals surface area contributed by atoms with Crippen molar-refractivity contribution < 1.29 is 24.1 Å². The van der Waals surface area contributed by atoms with Crippen LogP contribution in [-0.4, -0.2) is 32.4 Å². The molecule has 0 radical (unpaired) electrons. The summed E-state index contributed by atoms with van der Waals surface area (Å²) in [4.78, 5) is 12.2. The largest absolute Gasteiger partial charge is 0.496 e. The van der Waals surface area contributed by atoms with Crippen molar-refractivity contribution in [1.29, 1.82) is 0 Å². The molecule has 3 atom stereocenters. The molecule has 9 heteroatoms. The number of rotatable bonds is 6. The van der Waals surface area contributed by atoms with Crippen molar-refractivity contribution in [2.75, 3.05) is 26.6 Å². The standard InChI is InChI=1S/C26H24BrCl2NO5/c1-12-23(15-10-21(34-3)22(35-4)11-20(15)33-2)16-8-14(27)9-17(26(31)32)25(16)30-24(12)13-5-6-18(28)19(29)7-13/h5-12,23-24,30H,1-4H3,(H,31,32)/t12-,23-,24-/m1/s1. The molecule has 2 N–H and O–H groups in total. The fourth-order valence-electron chi connectivity index (χ4n) is 4.80. The predicted octanol–water partition coefficient (Wildman–Crippen LogP) is 7.41. The van der Waals surface area contributed by atoms with Crippen LogP contribution in [0.2, 0.25) is 10.0 Å². The van der Waals surface area contributed by atoms with Gasteiger partial charge in [0, 0.05) is 22.0 Å². The monoisotopic (exact) mass is 579 g/mol. The molecule has 1 aliphatic rings. The van der Waals surface area contributed by atoms with E-state index in [1.165, 1.54) is 0 Å². The Morgan fingerprint density at radius 3 is 2.17 bits per heavy atom. The number of hydrogen-bond donors (Lipinski definition) is 2. The van der Waals surface area contributed by atoms with Gasteiger partial charge in [-0.25, -0.2) is 4.79 Å². The van der Waals surface area contributed by atoms with Gasteiger partial charge in [-0.2, -0.15) is 0 Å². The minimum atomic E-state index is -1.03. The van der Waals surface area contributed by atoms with E-state index in [9.17, 15) is 9.90 Å². The number of hydrogen-bond acceptors (Lipinski definition) is 5. The SMILES string of the molecule is COc1cc(OC)c([C@@H]2c3cc(Br)cc(C(=O)O)c3N[C@@H](c3ccc(Cl)c(Cl)c3)[C@@H]2C)cc1OC. The molecule has 35 heavy (non-hydrogen) atoms. The van der Waals surface area contributed by atoms with Crippen molar-refractivity contribution in [2.45, 2.75) is 18.9 Å². The third kappa shape index (κ3) is 4.65. The number of anilines is 1. The molecule has 1 heterocycles. The van der Waals surface area contributed by atoms with Crippen LogP contribution in [-0.2, 0) is 0 Å². The van der Waals surface area contributed by atoms with Gasteiger partial charge >= 0.3 is 5.97 Å². The van der Waals surface area contributed by atoms with E-state index in [0.717, 1.165) is 16.7 Å². The van der Waals surface area contributed by atoms with Crippen LogP contribution < -0.4 is 19.5 Å². The van der Waals surface area contributed by atoms with Gasteiger partial charge in [0.2, 0.25) is 0 Å². The summed E-state index contributed by atoms with van der Waals surface area (Å²) < 4.78 is 17.5. The maximum absolute atomic E-state index is 12.2. The Morgan fingerprint density at radius 1 is 0.914 bits per heavy atom. The van der Waals surface area contributed by atoms with Gasteiger partial charge in [-0.3, -0.25) is 0 Å². The predicted molar refractivity (Wildman–Crippen MR) is 141 cm³/mol. The highest BCUT2D eigenvalue weighted by molar-refractivity contribution is 9.10. The highest BCUT2D eigenvalue weighted by Crippen LogP contribution is 2.53. The van der Waals surface area contributed by atoms with Crippen molar-refractivity contribution in [3.05, 3.63) is 79.2 Å². The summed E-state index contributed by atoms with van der Waals surface area (Å²) >= 11 is 16.0. The second-order valence-electron chi connectivity index (χ2n) is 8.30. The first-order chi connectivity index (χ1) is 16.7. The number of carbonyl (C=O) groups is 1. The number of benzene rings is 3. The van der Waals surface area contributed by atoms with Gasteiger partial charge in [-0.1, -0.05) is 52.1 Å². The van der Waals surface area contributed by atoms with Crippen LogP contribution in [0, 0.1) is 5.92 Å². The number of halogens is 3. The second-order valence-corrected chi connectivity index (χ2v) is 10.0. The molecule has 0 aliphatic carbocycles. The van der Waals surface area contributed by atoms with E-state index in [2.05, 4.69) is 28.2 Å². The zero-order valence-electron chi connectivity index (χ0n) is 19.5. The van der Waals surface area contributed by atoms with Crippen LogP contribution in [0.25, 0.3) is 0 Å². The van der Waals surface area contributed by atoms with Crippen LogP contribution in [0.3, 0.4) is 0 Å². The highest BCUT2D eigenvalue weighted by atomic mass is 79.9. The molecule has 1 aliphatic heterocycles. The molecule has 0 saturated carbocycles. The summed E-state index contributed by atoms with van der Waals surface area (Å²) in [5.41, 5.74) is 3.26. The van der Waals surface area contributed by atoms with Gasteiger partial charge in [-0.05, 0) is 47.4 Å². The Morgan fingerprint density at radius 2 is 1.57 bits per heavy atom. The molecule has 6 nitrogen and oxygen atoms in total. The third-order valence-corrected chi connectivity index (χ3v) is 7.62. The van der Waals surface area contributed by atoms with Crippen LogP contribution in [0.4, 0.5) is 5.69 Å². The van der Waals surface area contributed by atoms with Crippen molar-refractivity contribution >= 4 is 50.8 Å². The van der Waals surface area contributed by atoms with Crippen LogP contribution >= 0.6 is 39.1 Å².